The van der Waals surface area contributed by atoms with Gasteiger partial charge in [-0.2, -0.15) is 0 Å². The maximum atomic E-state index is 13.9. The quantitative estimate of drug-likeness (QED) is 0.279. The highest BCUT2D eigenvalue weighted by Gasteiger charge is 2.37. The van der Waals surface area contributed by atoms with E-state index in [4.69, 9.17) is 23.2 Å². The van der Waals surface area contributed by atoms with Gasteiger partial charge in [-0.15, -0.1) is 0 Å². The van der Waals surface area contributed by atoms with Crippen LogP contribution in [0.3, 0.4) is 0 Å². The van der Waals surface area contributed by atoms with E-state index in [0.717, 1.165) is 29.5 Å². The van der Waals surface area contributed by atoms with Crippen LogP contribution < -0.4 is 5.32 Å². The number of methoxy groups -OCH3 is 1. The third kappa shape index (κ3) is 7.96. The van der Waals surface area contributed by atoms with Gasteiger partial charge in [-0.1, -0.05) is 67.7 Å². The lowest BCUT2D eigenvalue weighted by Gasteiger charge is -2.27. The molecule has 2 unspecified atom stereocenters. The molecule has 2 aromatic rings. The molecule has 8 heteroatoms. The molecule has 0 radical (unpaired) electrons. The van der Waals surface area contributed by atoms with Gasteiger partial charge in [-0.25, -0.2) is 0 Å². The topological polar surface area (TPSA) is 75.7 Å². The van der Waals surface area contributed by atoms with E-state index in [2.05, 4.69) is 23.9 Å². The van der Waals surface area contributed by atoms with Crippen LogP contribution in [0.5, 0.6) is 0 Å². The Morgan fingerprint density at radius 3 is 2.51 bits per heavy atom. The number of hydrogen-bond donors (Lipinski definition) is 1. The molecule has 1 heterocycles. The highest BCUT2D eigenvalue weighted by atomic mass is 35.5. The lowest BCUT2D eigenvalue weighted by molar-refractivity contribution is -0.140. The molecule has 0 aromatic heterocycles. The van der Waals surface area contributed by atoms with Gasteiger partial charge in [0.2, 0.25) is 11.8 Å². The highest BCUT2D eigenvalue weighted by Crippen LogP contribution is 2.41. The molecule has 2 aromatic carbocycles. The molecule has 0 saturated heterocycles. The number of unbranched alkanes of at least 4 members (excludes halogenated alkanes) is 2. The normalized spacial score (nSPS) is 17.4. The number of ether oxygens (including phenoxy) is 1. The van der Waals surface area contributed by atoms with Crippen LogP contribution >= 0.6 is 23.2 Å². The Kier molecular flexibility index (Phi) is 10.8. The SMILES string of the molecule is COC(=O)CCCCCNC(=O)CN1CC(c2ccccc2Cl)c2cc(Cl)ccc2C(CC(C)C)C1=O. The van der Waals surface area contributed by atoms with Crippen molar-refractivity contribution in [1.29, 1.82) is 0 Å². The fourth-order valence-electron chi connectivity index (χ4n) is 4.92. The van der Waals surface area contributed by atoms with E-state index in [-0.39, 0.29) is 42.1 Å². The van der Waals surface area contributed by atoms with Crippen LogP contribution in [0, 0.1) is 5.92 Å². The summed E-state index contributed by atoms with van der Waals surface area (Å²) in [6, 6.07) is 13.3. The second kappa shape index (κ2) is 13.8. The van der Waals surface area contributed by atoms with Crippen LogP contribution in [0.1, 0.15) is 74.5 Å². The summed E-state index contributed by atoms with van der Waals surface area (Å²) in [5.41, 5.74) is 2.83. The summed E-state index contributed by atoms with van der Waals surface area (Å²) in [5.74, 6) is -0.780. The number of halogens is 2. The van der Waals surface area contributed by atoms with Crippen molar-refractivity contribution in [2.24, 2.45) is 5.92 Å². The van der Waals surface area contributed by atoms with Gasteiger partial charge in [0.25, 0.3) is 0 Å². The first-order valence-electron chi connectivity index (χ1n) is 12.9. The second-order valence-electron chi connectivity index (χ2n) is 9.98. The zero-order valence-corrected chi connectivity index (χ0v) is 23.3. The Balaban J connectivity index is 1.81. The molecular weight excluding hydrogens is 511 g/mol. The number of amides is 2. The lowest BCUT2D eigenvalue weighted by atomic mass is 9.82. The van der Waals surface area contributed by atoms with E-state index in [1.54, 1.807) is 4.90 Å². The molecule has 1 aliphatic heterocycles. The summed E-state index contributed by atoms with van der Waals surface area (Å²) >= 11 is 13.1. The summed E-state index contributed by atoms with van der Waals surface area (Å²) in [5, 5.41) is 4.15. The Hall–Kier alpha value is -2.57. The van der Waals surface area contributed by atoms with Gasteiger partial charge in [0.1, 0.15) is 0 Å². The average molecular weight is 548 g/mol. The molecule has 0 aliphatic carbocycles. The third-order valence-electron chi connectivity index (χ3n) is 6.74. The summed E-state index contributed by atoms with van der Waals surface area (Å²) in [7, 11) is 1.38. The summed E-state index contributed by atoms with van der Waals surface area (Å²) < 4.78 is 4.65. The van der Waals surface area contributed by atoms with Crippen LogP contribution in [-0.2, 0) is 19.1 Å². The molecule has 1 N–H and O–H groups in total. The molecule has 0 saturated carbocycles. The smallest absolute Gasteiger partial charge is 0.305 e. The fourth-order valence-corrected chi connectivity index (χ4v) is 5.37. The number of rotatable bonds is 11. The predicted molar refractivity (Wildman–Crippen MR) is 147 cm³/mol. The van der Waals surface area contributed by atoms with E-state index in [1.165, 1.54) is 7.11 Å². The first-order chi connectivity index (χ1) is 17.7. The van der Waals surface area contributed by atoms with Crippen molar-refractivity contribution < 1.29 is 19.1 Å². The minimum atomic E-state index is -0.370. The minimum Gasteiger partial charge on any atom is -0.469 e. The van der Waals surface area contributed by atoms with Gasteiger partial charge in [0.15, 0.2) is 0 Å². The van der Waals surface area contributed by atoms with Crippen LogP contribution in [0.25, 0.3) is 0 Å². The summed E-state index contributed by atoms with van der Waals surface area (Å²) in [6.07, 6.45) is 3.31. The predicted octanol–water partition coefficient (Wildman–Crippen LogP) is 5.95. The summed E-state index contributed by atoms with van der Waals surface area (Å²) in [6.45, 7) is 4.98. The van der Waals surface area contributed by atoms with E-state index < -0.39 is 0 Å². The van der Waals surface area contributed by atoms with Crippen molar-refractivity contribution in [2.45, 2.75) is 57.8 Å². The average Bonchev–Trinajstić information content (AvgIpc) is 2.96. The number of esters is 1. The first-order valence-corrected chi connectivity index (χ1v) is 13.6. The number of carbonyl (C=O) groups excluding carboxylic acids is 3. The van der Waals surface area contributed by atoms with E-state index in [1.807, 2.05) is 42.5 Å². The second-order valence-corrected chi connectivity index (χ2v) is 10.8. The lowest BCUT2D eigenvalue weighted by Crippen LogP contribution is -2.43. The molecule has 1 aliphatic rings. The van der Waals surface area contributed by atoms with Gasteiger partial charge in [-0.3, -0.25) is 14.4 Å². The van der Waals surface area contributed by atoms with Gasteiger partial charge in [-0.05, 0) is 60.1 Å². The molecule has 0 bridgehead atoms. The van der Waals surface area contributed by atoms with Crippen molar-refractivity contribution in [3.8, 4) is 0 Å². The Morgan fingerprint density at radius 1 is 1.05 bits per heavy atom. The maximum absolute atomic E-state index is 13.9. The third-order valence-corrected chi connectivity index (χ3v) is 7.32. The van der Waals surface area contributed by atoms with E-state index in [9.17, 15) is 14.4 Å². The number of nitrogens with one attached hydrogen (secondary N) is 1. The Bertz CT molecular complexity index is 1110. The molecule has 2 atom stereocenters. The molecule has 0 fully saturated rings. The van der Waals surface area contributed by atoms with Gasteiger partial charge >= 0.3 is 5.97 Å². The van der Waals surface area contributed by atoms with Crippen LogP contribution in [0.15, 0.2) is 42.5 Å². The standard InChI is InChI=1S/C29H36Cl2N2O4/c1-19(2)15-24-21-13-12-20(30)16-23(21)25(22-9-6-7-10-26(22)31)17-33(29(24)36)18-27(34)32-14-8-4-5-11-28(35)37-3/h6-7,9-10,12-13,16,19,24-25H,4-5,8,11,14-15,17-18H2,1-3H3,(H,32,34). The van der Waals surface area contributed by atoms with Crippen molar-refractivity contribution in [2.75, 3.05) is 26.7 Å². The monoisotopic (exact) mass is 546 g/mol. The molecule has 6 nitrogen and oxygen atoms in total. The number of benzene rings is 2. The van der Waals surface area contributed by atoms with Crippen molar-refractivity contribution in [3.63, 3.8) is 0 Å². The van der Waals surface area contributed by atoms with E-state index >= 15 is 0 Å². The molecule has 3 rings (SSSR count). The van der Waals surface area contributed by atoms with Crippen LogP contribution in [0.4, 0.5) is 0 Å². The zero-order chi connectivity index (χ0) is 26.9. The minimum absolute atomic E-state index is 0.0295. The van der Waals surface area contributed by atoms with Crippen molar-refractivity contribution in [1.82, 2.24) is 10.2 Å². The van der Waals surface area contributed by atoms with E-state index in [0.29, 0.717) is 42.4 Å². The van der Waals surface area contributed by atoms with Crippen LogP contribution in [-0.4, -0.2) is 49.4 Å². The largest absolute Gasteiger partial charge is 0.469 e. The highest BCUT2D eigenvalue weighted by molar-refractivity contribution is 6.31. The number of nitrogens with zero attached hydrogens (tertiary/aromatic N) is 1. The van der Waals surface area contributed by atoms with Crippen molar-refractivity contribution in [3.05, 3.63) is 69.2 Å². The number of carbonyl (C=O) groups is 3. The van der Waals surface area contributed by atoms with Crippen molar-refractivity contribution >= 4 is 41.0 Å². The maximum Gasteiger partial charge on any atom is 0.305 e. The van der Waals surface area contributed by atoms with Gasteiger partial charge in [0, 0.05) is 35.5 Å². The number of fused-ring (bicyclic) bond motifs is 1. The Morgan fingerprint density at radius 2 is 1.81 bits per heavy atom. The van der Waals surface area contributed by atoms with Crippen LogP contribution in [0.2, 0.25) is 10.0 Å². The summed E-state index contributed by atoms with van der Waals surface area (Å²) in [4.78, 5) is 39.7. The van der Waals surface area contributed by atoms with Gasteiger partial charge < -0.3 is 15.0 Å². The molecule has 200 valence electrons. The first kappa shape index (κ1) is 29.0. The fraction of sp³-hybridized carbons (Fsp3) is 0.483. The Labute approximate surface area is 229 Å². The molecular formula is C29H36Cl2N2O4. The molecule has 0 spiro atoms. The number of hydrogen-bond acceptors (Lipinski definition) is 4. The molecule has 2 amide bonds. The zero-order valence-electron chi connectivity index (χ0n) is 21.8. The van der Waals surface area contributed by atoms with Gasteiger partial charge in [0.05, 0.1) is 19.6 Å². The molecule has 37 heavy (non-hydrogen) atoms.